The Kier molecular flexibility index (Phi) is 3.80. The highest BCUT2D eigenvalue weighted by Gasteiger charge is 2.12. The van der Waals surface area contributed by atoms with E-state index in [1.165, 1.54) is 54.6 Å². The lowest BCUT2D eigenvalue weighted by molar-refractivity contribution is 1.44. The van der Waals surface area contributed by atoms with Gasteiger partial charge in [-0.1, -0.05) is 91.0 Å². The number of allylic oxidation sites excluding steroid dienone is 2. The molecule has 0 nitrogen and oxygen atoms in total. The Morgan fingerprint density at radius 2 is 1.46 bits per heavy atom. The van der Waals surface area contributed by atoms with Gasteiger partial charge in [-0.15, -0.1) is 0 Å². The van der Waals surface area contributed by atoms with E-state index in [1.54, 1.807) is 0 Å². The summed E-state index contributed by atoms with van der Waals surface area (Å²) in [7, 11) is 0. The SMILES string of the molecule is C=C(C)/C=C\c1cc(-c2ccc3ccc4cccc5ccc2c3c45)ccc1C. The molecule has 5 aromatic rings. The van der Waals surface area contributed by atoms with E-state index in [0.29, 0.717) is 0 Å². The minimum Gasteiger partial charge on any atom is -0.0961 e. The van der Waals surface area contributed by atoms with Gasteiger partial charge in [0.05, 0.1) is 0 Å². The molecular weight excluding hydrogens is 336 g/mol. The van der Waals surface area contributed by atoms with Crippen LogP contribution in [0.15, 0.2) is 91.0 Å². The molecule has 134 valence electrons. The van der Waals surface area contributed by atoms with Crippen LogP contribution in [0.25, 0.3) is 49.5 Å². The van der Waals surface area contributed by atoms with E-state index in [0.717, 1.165) is 5.57 Å². The molecule has 0 heterocycles. The van der Waals surface area contributed by atoms with Gasteiger partial charge in [0.1, 0.15) is 0 Å². The lowest BCUT2D eigenvalue weighted by Gasteiger charge is -2.15. The van der Waals surface area contributed by atoms with Crippen molar-refractivity contribution in [2.75, 3.05) is 0 Å². The predicted octanol–water partition coefficient (Wildman–Crippen LogP) is 8.15. The Morgan fingerprint density at radius 1 is 0.786 bits per heavy atom. The van der Waals surface area contributed by atoms with E-state index < -0.39 is 0 Å². The molecule has 0 radical (unpaired) electrons. The monoisotopic (exact) mass is 358 g/mol. The summed E-state index contributed by atoms with van der Waals surface area (Å²) < 4.78 is 0. The molecule has 0 aliphatic heterocycles. The maximum atomic E-state index is 3.98. The van der Waals surface area contributed by atoms with Gasteiger partial charge in [-0.3, -0.25) is 0 Å². The van der Waals surface area contributed by atoms with Crippen LogP contribution in [0.1, 0.15) is 18.1 Å². The van der Waals surface area contributed by atoms with Gasteiger partial charge in [0.2, 0.25) is 0 Å². The van der Waals surface area contributed by atoms with Crippen molar-refractivity contribution in [2.45, 2.75) is 13.8 Å². The summed E-state index contributed by atoms with van der Waals surface area (Å²) in [6, 6.07) is 26.8. The highest BCUT2D eigenvalue weighted by molar-refractivity contribution is 6.25. The fourth-order valence-electron chi connectivity index (χ4n) is 4.21. The van der Waals surface area contributed by atoms with Gasteiger partial charge >= 0.3 is 0 Å². The first kappa shape index (κ1) is 16.8. The number of hydrogen-bond acceptors (Lipinski definition) is 0. The van der Waals surface area contributed by atoms with Crippen LogP contribution in [-0.4, -0.2) is 0 Å². The lowest BCUT2D eigenvalue weighted by atomic mass is 9.89. The largest absolute Gasteiger partial charge is 0.0961 e. The second-order valence-electron chi connectivity index (χ2n) is 7.72. The highest BCUT2D eigenvalue weighted by Crippen LogP contribution is 2.39. The van der Waals surface area contributed by atoms with Crippen molar-refractivity contribution in [2.24, 2.45) is 0 Å². The second-order valence-corrected chi connectivity index (χ2v) is 7.72. The summed E-state index contributed by atoms with van der Waals surface area (Å²) in [5, 5.41) is 7.98. The van der Waals surface area contributed by atoms with E-state index in [-0.39, 0.29) is 0 Å². The van der Waals surface area contributed by atoms with Gasteiger partial charge in [0.25, 0.3) is 0 Å². The van der Waals surface area contributed by atoms with Crippen LogP contribution in [-0.2, 0) is 0 Å². The fraction of sp³-hybridized carbons (Fsp3) is 0.0714. The van der Waals surface area contributed by atoms with Gasteiger partial charge in [0, 0.05) is 0 Å². The van der Waals surface area contributed by atoms with E-state index >= 15 is 0 Å². The first-order chi connectivity index (χ1) is 13.6. The lowest BCUT2D eigenvalue weighted by Crippen LogP contribution is -1.88. The summed E-state index contributed by atoms with van der Waals surface area (Å²) in [5.41, 5.74) is 6.12. The second kappa shape index (κ2) is 6.35. The predicted molar refractivity (Wildman–Crippen MR) is 124 cm³/mol. The molecule has 0 aliphatic carbocycles. The fourth-order valence-corrected chi connectivity index (χ4v) is 4.21. The minimum absolute atomic E-state index is 1.06. The Hall–Kier alpha value is -3.38. The first-order valence-electron chi connectivity index (χ1n) is 9.73. The van der Waals surface area contributed by atoms with Crippen LogP contribution in [0.4, 0.5) is 0 Å². The van der Waals surface area contributed by atoms with Gasteiger partial charge in [-0.25, -0.2) is 0 Å². The molecule has 0 fully saturated rings. The van der Waals surface area contributed by atoms with Crippen molar-refractivity contribution >= 4 is 38.4 Å². The van der Waals surface area contributed by atoms with Gasteiger partial charge in [0.15, 0.2) is 0 Å². The van der Waals surface area contributed by atoms with Crippen LogP contribution in [0.2, 0.25) is 0 Å². The average molecular weight is 358 g/mol. The van der Waals surface area contributed by atoms with E-state index in [4.69, 9.17) is 0 Å². The summed E-state index contributed by atoms with van der Waals surface area (Å²) in [4.78, 5) is 0. The highest BCUT2D eigenvalue weighted by atomic mass is 14.2. The van der Waals surface area contributed by atoms with E-state index in [1.807, 2.05) is 6.92 Å². The third-order valence-electron chi connectivity index (χ3n) is 5.67. The molecule has 0 saturated carbocycles. The van der Waals surface area contributed by atoms with Gasteiger partial charge in [-0.2, -0.15) is 0 Å². The third kappa shape index (κ3) is 2.61. The molecule has 0 unspecified atom stereocenters. The van der Waals surface area contributed by atoms with Gasteiger partial charge in [-0.05, 0) is 74.5 Å². The van der Waals surface area contributed by atoms with Crippen LogP contribution in [0, 0.1) is 6.92 Å². The smallest absolute Gasteiger partial charge is 0.00206 e. The molecule has 0 aromatic heterocycles. The zero-order chi connectivity index (χ0) is 19.3. The van der Waals surface area contributed by atoms with E-state index in [9.17, 15) is 0 Å². The molecule has 5 aromatic carbocycles. The van der Waals surface area contributed by atoms with Crippen molar-refractivity contribution < 1.29 is 0 Å². The van der Waals surface area contributed by atoms with Crippen molar-refractivity contribution in [3.63, 3.8) is 0 Å². The average Bonchev–Trinajstić information content (AvgIpc) is 2.71. The van der Waals surface area contributed by atoms with Crippen LogP contribution < -0.4 is 0 Å². The molecule has 0 atom stereocenters. The standard InChI is InChI=1S/C28H22/c1-18(2)7-9-23-17-24(10-8-19(23)3)25-15-13-22-12-11-20-5-4-6-21-14-16-26(25)28(22)27(20)21/h4-17H,1H2,2-3H3/b9-7-. The Morgan fingerprint density at radius 3 is 2.21 bits per heavy atom. The number of aryl methyl sites for hydroxylation is 1. The molecule has 0 bridgehead atoms. The summed E-state index contributed by atoms with van der Waals surface area (Å²) in [6.45, 7) is 8.16. The van der Waals surface area contributed by atoms with Crippen molar-refractivity contribution in [3.05, 3.63) is 102 Å². The normalized spacial score (nSPS) is 11.9. The van der Waals surface area contributed by atoms with E-state index in [2.05, 4.69) is 98.5 Å². The minimum atomic E-state index is 1.06. The Labute approximate surface area is 165 Å². The Bertz CT molecular complexity index is 1370. The first-order valence-corrected chi connectivity index (χ1v) is 9.73. The van der Waals surface area contributed by atoms with Crippen molar-refractivity contribution in [1.29, 1.82) is 0 Å². The van der Waals surface area contributed by atoms with Crippen LogP contribution >= 0.6 is 0 Å². The molecule has 5 rings (SSSR count). The van der Waals surface area contributed by atoms with Crippen LogP contribution in [0.3, 0.4) is 0 Å². The number of benzene rings is 5. The van der Waals surface area contributed by atoms with Crippen molar-refractivity contribution in [3.8, 4) is 11.1 Å². The summed E-state index contributed by atoms with van der Waals surface area (Å²) >= 11 is 0. The molecule has 0 spiro atoms. The molecule has 0 amide bonds. The topological polar surface area (TPSA) is 0 Å². The molecular formula is C28H22. The summed E-state index contributed by atoms with van der Waals surface area (Å²) in [6.07, 6.45) is 4.24. The zero-order valence-electron chi connectivity index (χ0n) is 16.3. The quantitative estimate of drug-likeness (QED) is 0.225. The zero-order valence-corrected chi connectivity index (χ0v) is 16.3. The summed E-state index contributed by atoms with van der Waals surface area (Å²) in [5.74, 6) is 0. The molecule has 0 N–H and O–H groups in total. The molecule has 0 aliphatic rings. The number of hydrogen-bond donors (Lipinski definition) is 0. The number of rotatable bonds is 3. The Balaban J connectivity index is 1.80. The van der Waals surface area contributed by atoms with Crippen LogP contribution in [0.5, 0.6) is 0 Å². The maximum absolute atomic E-state index is 3.98. The molecule has 0 saturated heterocycles. The molecule has 28 heavy (non-hydrogen) atoms. The van der Waals surface area contributed by atoms with Crippen molar-refractivity contribution in [1.82, 2.24) is 0 Å². The molecule has 0 heteroatoms. The third-order valence-corrected chi connectivity index (χ3v) is 5.67. The maximum Gasteiger partial charge on any atom is -0.00206 e. The van der Waals surface area contributed by atoms with Gasteiger partial charge < -0.3 is 0 Å².